The average Bonchev–Trinajstić information content (AvgIpc) is 2.76. The number of aromatic nitrogens is 2. The summed E-state index contributed by atoms with van der Waals surface area (Å²) >= 11 is 0. The number of hydrogen-bond donors (Lipinski definition) is 1. The van der Waals surface area contributed by atoms with E-state index < -0.39 is 11.6 Å². The van der Waals surface area contributed by atoms with Crippen molar-refractivity contribution in [3.05, 3.63) is 63.3 Å². The maximum absolute atomic E-state index is 13.1. The fourth-order valence-electron chi connectivity index (χ4n) is 3.32. The summed E-state index contributed by atoms with van der Waals surface area (Å²) in [4.78, 5) is 38.7. The third kappa shape index (κ3) is 3.94. The van der Waals surface area contributed by atoms with Gasteiger partial charge in [0, 0.05) is 17.8 Å². The van der Waals surface area contributed by atoms with Gasteiger partial charge in [0.2, 0.25) is 5.91 Å². The van der Waals surface area contributed by atoms with E-state index in [1.54, 1.807) is 42.5 Å². The summed E-state index contributed by atoms with van der Waals surface area (Å²) in [6, 6.07) is 11.5. The first-order valence-corrected chi connectivity index (χ1v) is 9.67. The van der Waals surface area contributed by atoms with E-state index >= 15 is 0 Å². The topological polar surface area (TPSA) is 91.6 Å². The number of carbonyl (C=O) groups excluding carboxylic acids is 1. The first-order chi connectivity index (χ1) is 14.4. The lowest BCUT2D eigenvalue weighted by Crippen LogP contribution is -2.43. The molecular weight excluding hydrogens is 386 g/mol. The molecule has 3 rings (SSSR count). The summed E-state index contributed by atoms with van der Waals surface area (Å²) in [6.07, 6.45) is 0.616. The number of rotatable bonds is 7. The highest BCUT2D eigenvalue weighted by Gasteiger charge is 2.18. The number of amides is 1. The second-order valence-electron chi connectivity index (χ2n) is 6.94. The molecule has 1 atom stereocenters. The van der Waals surface area contributed by atoms with Crippen molar-refractivity contribution < 1.29 is 14.3 Å². The molecule has 8 heteroatoms. The number of carbonyl (C=O) groups is 1. The standard InChI is InChI=1S/C22H25N3O5/c1-5-14(2)25-21(27)16-8-6-7-9-17(16)24(22(25)28)13-20(26)23-15-10-11-18(29-3)19(12-15)30-4/h6-12,14H,5,13H2,1-4H3,(H,23,26)/t14-/m0/s1. The second-order valence-corrected chi connectivity index (χ2v) is 6.94. The van der Waals surface area contributed by atoms with Crippen LogP contribution in [0.1, 0.15) is 26.3 Å². The Morgan fingerprint density at radius 3 is 2.43 bits per heavy atom. The van der Waals surface area contributed by atoms with Gasteiger partial charge in [0.05, 0.1) is 25.1 Å². The minimum absolute atomic E-state index is 0.232. The Hall–Kier alpha value is -3.55. The molecule has 0 bridgehead atoms. The van der Waals surface area contributed by atoms with Crippen molar-refractivity contribution in [3.63, 3.8) is 0 Å². The van der Waals surface area contributed by atoms with Crippen molar-refractivity contribution >= 4 is 22.5 Å². The first-order valence-electron chi connectivity index (χ1n) is 9.67. The first kappa shape index (κ1) is 21.2. The lowest BCUT2D eigenvalue weighted by atomic mass is 10.2. The monoisotopic (exact) mass is 411 g/mol. The molecule has 2 aromatic carbocycles. The van der Waals surface area contributed by atoms with Crippen molar-refractivity contribution in [1.29, 1.82) is 0 Å². The zero-order valence-corrected chi connectivity index (χ0v) is 17.5. The molecule has 1 heterocycles. The molecule has 0 saturated carbocycles. The van der Waals surface area contributed by atoms with Crippen LogP contribution in [0.3, 0.4) is 0 Å². The molecule has 30 heavy (non-hydrogen) atoms. The highest BCUT2D eigenvalue weighted by atomic mass is 16.5. The number of methoxy groups -OCH3 is 2. The van der Waals surface area contributed by atoms with Gasteiger partial charge in [0.25, 0.3) is 5.56 Å². The maximum Gasteiger partial charge on any atom is 0.332 e. The zero-order chi connectivity index (χ0) is 21.8. The van der Waals surface area contributed by atoms with E-state index in [-0.39, 0.29) is 18.1 Å². The molecule has 158 valence electrons. The molecule has 8 nitrogen and oxygen atoms in total. The van der Waals surface area contributed by atoms with Crippen LogP contribution in [-0.4, -0.2) is 29.3 Å². The molecule has 0 aliphatic rings. The molecule has 1 N–H and O–H groups in total. The van der Waals surface area contributed by atoms with Gasteiger partial charge in [-0.1, -0.05) is 19.1 Å². The number of benzene rings is 2. The summed E-state index contributed by atoms with van der Waals surface area (Å²) in [5.41, 5.74) is 0.0803. The van der Waals surface area contributed by atoms with Crippen molar-refractivity contribution in [1.82, 2.24) is 9.13 Å². The number of anilines is 1. The minimum atomic E-state index is -0.504. The summed E-state index contributed by atoms with van der Waals surface area (Å²) in [6.45, 7) is 3.48. The normalized spacial score (nSPS) is 11.9. The van der Waals surface area contributed by atoms with E-state index in [0.29, 0.717) is 34.5 Å². The van der Waals surface area contributed by atoms with Gasteiger partial charge in [-0.05, 0) is 37.6 Å². The van der Waals surface area contributed by atoms with Crippen LogP contribution < -0.4 is 26.0 Å². The van der Waals surface area contributed by atoms with E-state index in [9.17, 15) is 14.4 Å². The second kappa shape index (κ2) is 8.86. The number of nitrogens with one attached hydrogen (secondary N) is 1. The van der Waals surface area contributed by atoms with E-state index in [4.69, 9.17) is 9.47 Å². The van der Waals surface area contributed by atoms with Gasteiger partial charge in [-0.2, -0.15) is 0 Å². The van der Waals surface area contributed by atoms with Crippen LogP contribution in [0, 0.1) is 0 Å². The lowest BCUT2D eigenvalue weighted by molar-refractivity contribution is -0.116. The van der Waals surface area contributed by atoms with Crippen LogP contribution >= 0.6 is 0 Å². The van der Waals surface area contributed by atoms with Crippen LogP contribution in [0.2, 0.25) is 0 Å². The summed E-state index contributed by atoms with van der Waals surface area (Å²) in [5, 5.41) is 3.16. The fraction of sp³-hybridized carbons (Fsp3) is 0.318. The molecule has 0 radical (unpaired) electrons. The third-order valence-corrected chi connectivity index (χ3v) is 5.08. The Labute approximate surface area is 173 Å². The van der Waals surface area contributed by atoms with Crippen LogP contribution in [0.15, 0.2) is 52.1 Å². The molecular formula is C22H25N3O5. The molecule has 0 fully saturated rings. The van der Waals surface area contributed by atoms with Gasteiger partial charge in [0.15, 0.2) is 11.5 Å². The Bertz CT molecular complexity index is 1200. The third-order valence-electron chi connectivity index (χ3n) is 5.08. The van der Waals surface area contributed by atoms with E-state index in [2.05, 4.69) is 5.32 Å². The Balaban J connectivity index is 2.00. The average molecular weight is 411 g/mol. The van der Waals surface area contributed by atoms with Crippen molar-refractivity contribution in [2.45, 2.75) is 32.9 Å². The Morgan fingerprint density at radius 1 is 1.07 bits per heavy atom. The van der Waals surface area contributed by atoms with Gasteiger partial charge < -0.3 is 14.8 Å². The van der Waals surface area contributed by atoms with Crippen LogP contribution in [0.25, 0.3) is 10.9 Å². The van der Waals surface area contributed by atoms with Crippen molar-refractivity contribution in [2.75, 3.05) is 19.5 Å². The smallest absolute Gasteiger partial charge is 0.332 e. The number of para-hydroxylation sites is 1. The molecule has 3 aromatic rings. The predicted molar refractivity (Wildman–Crippen MR) is 116 cm³/mol. The molecule has 0 spiro atoms. The maximum atomic E-state index is 13.1. The molecule has 0 unspecified atom stereocenters. The SMILES string of the molecule is CC[C@H](C)n1c(=O)c2ccccc2n(CC(=O)Nc2ccc(OC)c(OC)c2)c1=O. The highest BCUT2D eigenvalue weighted by Crippen LogP contribution is 2.29. The number of ether oxygens (including phenoxy) is 2. The summed E-state index contributed by atoms with van der Waals surface area (Å²) in [5.74, 6) is 0.616. The van der Waals surface area contributed by atoms with Gasteiger partial charge in [-0.15, -0.1) is 0 Å². The number of hydrogen-bond acceptors (Lipinski definition) is 5. The molecule has 0 aliphatic carbocycles. The van der Waals surface area contributed by atoms with E-state index in [1.165, 1.54) is 23.4 Å². The molecule has 1 aromatic heterocycles. The largest absolute Gasteiger partial charge is 0.493 e. The number of nitrogens with zero attached hydrogens (tertiary/aromatic N) is 2. The van der Waals surface area contributed by atoms with Crippen LogP contribution in [-0.2, 0) is 11.3 Å². The van der Waals surface area contributed by atoms with E-state index in [0.717, 1.165) is 0 Å². The minimum Gasteiger partial charge on any atom is -0.493 e. The Morgan fingerprint density at radius 2 is 1.77 bits per heavy atom. The highest BCUT2D eigenvalue weighted by molar-refractivity contribution is 5.92. The summed E-state index contributed by atoms with van der Waals surface area (Å²) in [7, 11) is 3.03. The quantitative estimate of drug-likeness (QED) is 0.646. The zero-order valence-electron chi connectivity index (χ0n) is 17.5. The molecule has 0 aliphatic heterocycles. The van der Waals surface area contributed by atoms with Crippen LogP contribution in [0.5, 0.6) is 11.5 Å². The number of fused-ring (bicyclic) bond motifs is 1. The van der Waals surface area contributed by atoms with Crippen LogP contribution in [0.4, 0.5) is 5.69 Å². The van der Waals surface area contributed by atoms with Gasteiger partial charge in [-0.25, -0.2) is 4.79 Å². The predicted octanol–water partition coefficient (Wildman–Crippen LogP) is 2.79. The van der Waals surface area contributed by atoms with E-state index in [1.807, 2.05) is 13.8 Å². The van der Waals surface area contributed by atoms with Crippen molar-refractivity contribution in [2.24, 2.45) is 0 Å². The lowest BCUT2D eigenvalue weighted by Gasteiger charge is -2.17. The Kier molecular flexibility index (Phi) is 6.25. The van der Waals surface area contributed by atoms with Gasteiger partial charge >= 0.3 is 5.69 Å². The molecule has 0 saturated heterocycles. The fourth-order valence-corrected chi connectivity index (χ4v) is 3.32. The summed E-state index contributed by atoms with van der Waals surface area (Å²) < 4.78 is 13.0. The van der Waals surface area contributed by atoms with Gasteiger partial charge in [-0.3, -0.25) is 18.7 Å². The van der Waals surface area contributed by atoms with Gasteiger partial charge in [0.1, 0.15) is 6.54 Å². The van der Waals surface area contributed by atoms with Crippen molar-refractivity contribution in [3.8, 4) is 11.5 Å². The molecule has 1 amide bonds.